The maximum absolute atomic E-state index is 12.5. The minimum Gasteiger partial charge on any atom is -0.547 e. The molecule has 260 valence electrons. The SMILES string of the molecule is C[C@H](Cc1cc2c(c(C(N)=O)c1)N(CCCO[C@@H]1O[C@H](C(=O)[O-])[C@@H](O)[C@H](O)[C@H]1O)CC2)NCCOc1ccccc1OCC(F)(F)F.[Li+]. The van der Waals surface area contributed by atoms with Gasteiger partial charge in [0, 0.05) is 25.7 Å². The van der Waals surface area contributed by atoms with Crippen LogP contribution in [0.25, 0.3) is 0 Å². The predicted molar refractivity (Wildman–Crippen MR) is 158 cm³/mol. The number of rotatable bonds is 16. The number of primary amides is 1. The first-order chi connectivity index (χ1) is 22.2. The third-order valence-electron chi connectivity index (χ3n) is 7.77. The molecule has 0 spiro atoms. The van der Waals surface area contributed by atoms with Gasteiger partial charge in [0.2, 0.25) is 0 Å². The summed E-state index contributed by atoms with van der Waals surface area (Å²) in [7, 11) is 0. The third-order valence-corrected chi connectivity index (χ3v) is 7.77. The number of alkyl halides is 3. The molecule has 48 heavy (non-hydrogen) atoms. The number of ether oxygens (including phenoxy) is 4. The van der Waals surface area contributed by atoms with Crippen LogP contribution in [-0.4, -0.2) is 110 Å². The van der Waals surface area contributed by atoms with E-state index in [2.05, 4.69) is 5.32 Å². The van der Waals surface area contributed by atoms with Gasteiger partial charge in [0.05, 0.1) is 23.8 Å². The van der Waals surface area contributed by atoms with Crippen LogP contribution < -0.4 is 49.4 Å². The number of carboxylic acids is 1. The first kappa shape index (κ1) is 39.4. The number of aliphatic hydroxyl groups is 3. The zero-order chi connectivity index (χ0) is 34.3. The summed E-state index contributed by atoms with van der Waals surface area (Å²) in [4.78, 5) is 25.6. The number of carbonyl (C=O) groups is 2. The van der Waals surface area contributed by atoms with E-state index in [4.69, 9.17) is 24.7 Å². The maximum atomic E-state index is 12.5. The number of aliphatic carboxylic acids is 1. The molecular formula is C31H39F3LiN3O10. The zero-order valence-electron chi connectivity index (χ0n) is 26.7. The van der Waals surface area contributed by atoms with Crippen molar-refractivity contribution in [1.29, 1.82) is 0 Å². The number of hydrogen-bond acceptors (Lipinski definition) is 12. The monoisotopic (exact) mass is 677 g/mol. The number of fused-ring (bicyclic) bond motifs is 1. The molecule has 2 aliphatic heterocycles. The molecule has 0 bridgehead atoms. The number of nitrogens with zero attached hydrogens (tertiary/aromatic N) is 1. The fraction of sp³-hybridized carbons (Fsp3) is 0.548. The molecule has 1 saturated heterocycles. The van der Waals surface area contributed by atoms with Crippen LogP contribution in [0, 0.1) is 0 Å². The van der Waals surface area contributed by atoms with Crippen molar-refractivity contribution >= 4 is 17.6 Å². The van der Waals surface area contributed by atoms with Gasteiger partial charge in [-0.2, -0.15) is 13.2 Å². The number of anilines is 1. The zero-order valence-corrected chi connectivity index (χ0v) is 26.7. The number of carboxylic acid groups (broad SMARTS) is 1. The molecule has 17 heteroatoms. The summed E-state index contributed by atoms with van der Waals surface area (Å²) < 4.78 is 58.6. The van der Waals surface area contributed by atoms with Crippen molar-refractivity contribution in [2.45, 2.75) is 69.1 Å². The molecule has 2 aromatic rings. The van der Waals surface area contributed by atoms with Crippen molar-refractivity contribution in [2.75, 3.05) is 44.4 Å². The van der Waals surface area contributed by atoms with Crippen LogP contribution in [0.3, 0.4) is 0 Å². The Kier molecular flexibility index (Phi) is 14.4. The van der Waals surface area contributed by atoms with Crippen LogP contribution in [0.1, 0.15) is 34.8 Å². The van der Waals surface area contributed by atoms with Gasteiger partial charge in [-0.25, -0.2) is 0 Å². The minimum atomic E-state index is -4.47. The fourth-order valence-corrected chi connectivity index (χ4v) is 5.60. The molecule has 0 aromatic heterocycles. The third kappa shape index (κ3) is 10.5. The standard InChI is InChI=1S/C31H40F3N3O10.Li/c1-17(36-8-12-44-21-5-2-3-6-22(21)46-16-31(32,33)34)13-18-14-19-7-10-37(23(19)20(15-18)28(35)41)9-4-11-45-30-26(40)24(38)25(39)27(47-30)29(42)43;/h2-3,5-6,14-15,17,24-27,30,36,38-40H,4,7-13,16H2,1H3,(H2,35,41)(H,42,43);/q;+1/p-1/t17-,24+,25+,26-,27+,30-;/m1./s1. The van der Waals surface area contributed by atoms with E-state index in [9.17, 15) is 43.2 Å². The van der Waals surface area contributed by atoms with E-state index in [1.54, 1.807) is 18.2 Å². The van der Waals surface area contributed by atoms with Gasteiger partial charge in [-0.1, -0.05) is 18.2 Å². The Hall–Kier alpha value is -3.07. The predicted octanol–water partition coefficient (Wildman–Crippen LogP) is -3.34. The van der Waals surface area contributed by atoms with Gasteiger partial charge >= 0.3 is 25.0 Å². The second-order valence-electron chi connectivity index (χ2n) is 11.5. The Morgan fingerprint density at radius 3 is 2.44 bits per heavy atom. The van der Waals surface area contributed by atoms with Crippen molar-refractivity contribution < 1.29 is 81.0 Å². The van der Waals surface area contributed by atoms with E-state index in [0.717, 1.165) is 11.1 Å². The molecule has 6 atom stereocenters. The van der Waals surface area contributed by atoms with Crippen LogP contribution in [0.4, 0.5) is 18.9 Å². The molecule has 6 N–H and O–H groups in total. The molecule has 0 saturated carbocycles. The first-order valence-electron chi connectivity index (χ1n) is 15.1. The van der Waals surface area contributed by atoms with Gasteiger partial charge in [-0.3, -0.25) is 4.79 Å². The van der Waals surface area contributed by atoms with E-state index >= 15 is 0 Å². The Balaban J connectivity index is 0.00000625. The molecular weight excluding hydrogens is 638 g/mol. The Morgan fingerprint density at radius 1 is 1.10 bits per heavy atom. The van der Waals surface area contributed by atoms with Crippen molar-refractivity contribution in [3.8, 4) is 11.5 Å². The minimum absolute atomic E-state index is 0. The summed E-state index contributed by atoms with van der Waals surface area (Å²) in [6.45, 7) is 2.17. The molecule has 0 aliphatic carbocycles. The molecule has 1 fully saturated rings. The summed E-state index contributed by atoms with van der Waals surface area (Å²) in [6.07, 6.45) is -11.5. The number of nitrogens with one attached hydrogen (secondary N) is 1. The smallest absolute Gasteiger partial charge is 0.547 e. The normalized spacial score (nSPS) is 22.8. The number of hydrogen-bond donors (Lipinski definition) is 5. The average Bonchev–Trinajstić information content (AvgIpc) is 3.42. The van der Waals surface area contributed by atoms with Crippen LogP contribution in [-0.2, 0) is 27.1 Å². The Labute approximate surface area is 287 Å². The summed E-state index contributed by atoms with van der Waals surface area (Å²) in [5.74, 6) is -2.14. The van der Waals surface area contributed by atoms with Crippen molar-refractivity contribution in [3.63, 3.8) is 0 Å². The van der Waals surface area contributed by atoms with E-state index in [1.807, 2.05) is 17.9 Å². The molecule has 2 aromatic carbocycles. The van der Waals surface area contributed by atoms with Crippen molar-refractivity contribution in [2.24, 2.45) is 5.73 Å². The molecule has 0 radical (unpaired) electrons. The molecule has 2 heterocycles. The maximum Gasteiger partial charge on any atom is 1.00 e. The second-order valence-corrected chi connectivity index (χ2v) is 11.5. The summed E-state index contributed by atoms with van der Waals surface area (Å²) >= 11 is 0. The quantitative estimate of drug-likeness (QED) is 0.0877. The van der Waals surface area contributed by atoms with Gasteiger partial charge in [0.1, 0.15) is 31.0 Å². The summed E-state index contributed by atoms with van der Waals surface area (Å²) in [6, 6.07) is 9.85. The van der Waals surface area contributed by atoms with Gasteiger partial charge in [0.25, 0.3) is 5.91 Å². The van der Waals surface area contributed by atoms with Gasteiger partial charge in [0.15, 0.2) is 24.4 Å². The summed E-state index contributed by atoms with van der Waals surface area (Å²) in [5, 5.41) is 44.3. The van der Waals surface area contributed by atoms with Crippen molar-refractivity contribution in [3.05, 3.63) is 53.1 Å². The van der Waals surface area contributed by atoms with Crippen LogP contribution in [0.2, 0.25) is 0 Å². The van der Waals surface area contributed by atoms with Crippen molar-refractivity contribution in [1.82, 2.24) is 5.32 Å². The Bertz CT molecular complexity index is 1390. The second kappa shape index (κ2) is 17.5. The van der Waals surface area contributed by atoms with Crippen LogP contribution in [0.15, 0.2) is 36.4 Å². The number of carbonyl (C=O) groups excluding carboxylic acids is 2. The Morgan fingerprint density at radius 2 is 1.79 bits per heavy atom. The largest absolute Gasteiger partial charge is 1.00 e. The van der Waals surface area contributed by atoms with Gasteiger partial charge in [-0.05, 0) is 55.5 Å². The van der Waals surface area contributed by atoms with E-state index in [0.29, 0.717) is 50.1 Å². The summed E-state index contributed by atoms with van der Waals surface area (Å²) in [5.41, 5.74) is 8.67. The first-order valence-corrected chi connectivity index (χ1v) is 15.1. The topological polar surface area (TPSA) is 196 Å². The van der Waals surface area contributed by atoms with Gasteiger partial charge in [-0.15, -0.1) is 0 Å². The van der Waals surface area contributed by atoms with Gasteiger partial charge < -0.3 is 60.1 Å². The number of nitrogens with two attached hydrogens (primary N) is 1. The molecule has 4 rings (SSSR count). The van der Waals surface area contributed by atoms with E-state index in [1.165, 1.54) is 12.1 Å². The number of benzene rings is 2. The average molecular weight is 678 g/mol. The number of amides is 1. The van der Waals surface area contributed by atoms with E-state index < -0.39 is 55.4 Å². The molecule has 2 aliphatic rings. The number of aliphatic hydroxyl groups excluding tert-OH is 3. The van der Waals surface area contributed by atoms with Crippen LogP contribution in [0.5, 0.6) is 11.5 Å². The molecule has 1 amide bonds. The molecule has 0 unspecified atom stereocenters. The fourth-order valence-electron chi connectivity index (χ4n) is 5.60. The molecule has 13 nitrogen and oxygen atoms in total. The van der Waals surface area contributed by atoms with Crippen LogP contribution >= 0.6 is 0 Å². The number of halogens is 3. The van der Waals surface area contributed by atoms with E-state index in [-0.39, 0.29) is 49.6 Å². The number of para-hydroxylation sites is 2.